The summed E-state index contributed by atoms with van der Waals surface area (Å²) in [5, 5.41) is 23.2. The molecule has 0 unspecified atom stereocenters. The summed E-state index contributed by atoms with van der Waals surface area (Å²) < 4.78 is 0. The van der Waals surface area contributed by atoms with Crippen LogP contribution in [0, 0.1) is 52.8 Å². The summed E-state index contributed by atoms with van der Waals surface area (Å²) >= 11 is 0. The molecular formula is C27H36N4O. The van der Waals surface area contributed by atoms with Gasteiger partial charge >= 0.3 is 0 Å². The average Bonchev–Trinajstić information content (AvgIpc) is 3.34. The highest BCUT2D eigenvalue weighted by Gasteiger charge is 2.56. The number of hydrogen-bond donors (Lipinski definition) is 1. The molecule has 170 valence electrons. The first-order chi connectivity index (χ1) is 15.5. The van der Waals surface area contributed by atoms with E-state index in [9.17, 15) is 5.11 Å². The van der Waals surface area contributed by atoms with Gasteiger partial charge in [-0.05, 0) is 98.0 Å². The Balaban J connectivity index is 1.18. The van der Waals surface area contributed by atoms with Crippen LogP contribution in [0.4, 0.5) is 0 Å². The Bertz CT molecular complexity index is 983. The van der Waals surface area contributed by atoms with Crippen molar-refractivity contribution in [2.24, 2.45) is 40.9 Å². The fourth-order valence-corrected chi connectivity index (χ4v) is 8.09. The van der Waals surface area contributed by atoms with Crippen molar-refractivity contribution in [3.8, 4) is 11.8 Å². The van der Waals surface area contributed by atoms with E-state index in [0.717, 1.165) is 37.0 Å². The molecule has 1 N–H and O–H groups in total. The highest BCUT2D eigenvalue weighted by Crippen LogP contribution is 2.64. The zero-order valence-electron chi connectivity index (χ0n) is 19.3. The van der Waals surface area contributed by atoms with Gasteiger partial charge in [0.15, 0.2) is 6.33 Å². The molecular weight excluding hydrogens is 396 g/mol. The molecule has 0 spiro atoms. The van der Waals surface area contributed by atoms with Gasteiger partial charge in [0.1, 0.15) is 5.60 Å². The van der Waals surface area contributed by atoms with Crippen LogP contribution in [0.1, 0.15) is 71.1 Å². The predicted molar refractivity (Wildman–Crippen MR) is 123 cm³/mol. The molecule has 7 atom stereocenters. The third-order valence-corrected chi connectivity index (χ3v) is 9.82. The number of rotatable bonds is 3. The molecule has 5 aliphatic carbocycles. The summed E-state index contributed by atoms with van der Waals surface area (Å²) in [5.41, 5.74) is 2.36. The molecule has 0 saturated heterocycles. The van der Waals surface area contributed by atoms with E-state index >= 15 is 0 Å². The van der Waals surface area contributed by atoms with Crippen molar-refractivity contribution in [3.63, 3.8) is 0 Å². The minimum Gasteiger partial charge on any atom is -0.377 e. The van der Waals surface area contributed by atoms with E-state index in [4.69, 9.17) is 0 Å². The lowest BCUT2D eigenvalue weighted by Crippen LogP contribution is -2.47. The lowest BCUT2D eigenvalue weighted by Gasteiger charge is -2.54. The third-order valence-electron chi connectivity index (χ3n) is 9.82. The van der Waals surface area contributed by atoms with Crippen molar-refractivity contribution in [1.29, 1.82) is 0 Å². The second-order valence-electron chi connectivity index (χ2n) is 11.6. The predicted octanol–water partition coefficient (Wildman–Crippen LogP) is 4.56. The molecule has 1 aromatic heterocycles. The monoisotopic (exact) mass is 432 g/mol. The molecule has 1 heterocycles. The van der Waals surface area contributed by atoms with Gasteiger partial charge in [-0.15, -0.1) is 10.2 Å². The third kappa shape index (κ3) is 3.46. The minimum atomic E-state index is -0.771. The maximum absolute atomic E-state index is 11.1. The number of aliphatic hydroxyl groups is 1. The van der Waals surface area contributed by atoms with Gasteiger partial charge in [0.05, 0.1) is 6.54 Å². The largest absolute Gasteiger partial charge is 0.377 e. The van der Waals surface area contributed by atoms with Gasteiger partial charge in [-0.2, -0.15) is 4.80 Å². The summed E-state index contributed by atoms with van der Waals surface area (Å²) in [6.07, 6.45) is 15.6. The standard InChI is InChI=1S/C27H36N4O/c1-18(16-31-29-17-28-30-31)24-7-8-25-23-6-5-20-15-27(32,13-9-19-3-4-19)14-11-21(20)22(23)10-12-26(24,25)2/h5,17,19,21-25,32H,1,3-4,6-8,10-12,14-16H2,2H3/t21-,22+,23+,24+,25-,26+,27-/m0/s1. The molecule has 32 heavy (non-hydrogen) atoms. The molecule has 0 radical (unpaired) electrons. The first-order valence-corrected chi connectivity index (χ1v) is 12.8. The zero-order valence-corrected chi connectivity index (χ0v) is 19.3. The van der Waals surface area contributed by atoms with E-state index in [1.54, 1.807) is 4.80 Å². The zero-order chi connectivity index (χ0) is 21.9. The quantitative estimate of drug-likeness (QED) is 0.562. The Hall–Kier alpha value is -1.93. The highest BCUT2D eigenvalue weighted by atomic mass is 16.3. The van der Waals surface area contributed by atoms with Crippen LogP contribution in [0.5, 0.6) is 0 Å². The second-order valence-corrected chi connectivity index (χ2v) is 11.6. The summed E-state index contributed by atoms with van der Waals surface area (Å²) in [5.74, 6) is 10.8. The summed E-state index contributed by atoms with van der Waals surface area (Å²) in [6, 6.07) is 0. The number of nitrogens with zero attached hydrogens (tertiary/aromatic N) is 4. The van der Waals surface area contributed by atoms with E-state index in [1.807, 2.05) is 0 Å². The van der Waals surface area contributed by atoms with Crippen molar-refractivity contribution >= 4 is 0 Å². The van der Waals surface area contributed by atoms with Crippen molar-refractivity contribution in [3.05, 3.63) is 30.1 Å². The SMILES string of the molecule is C=C(Cn1ncnn1)[C@H]1CC[C@H]2[C@@H]3CC=C4C[C@](O)(C#CC5CC5)CC[C@@H]4[C@H]3CC[C@]12C. The Labute approximate surface area is 191 Å². The van der Waals surface area contributed by atoms with Crippen molar-refractivity contribution in [2.75, 3.05) is 0 Å². The number of fused-ring (bicyclic) bond motifs is 5. The normalized spacial score (nSPS) is 42.7. The van der Waals surface area contributed by atoms with Crippen LogP contribution >= 0.6 is 0 Å². The van der Waals surface area contributed by atoms with Gasteiger partial charge in [0.25, 0.3) is 0 Å². The van der Waals surface area contributed by atoms with Crippen LogP contribution in [0.15, 0.2) is 30.1 Å². The lowest BCUT2D eigenvalue weighted by atomic mass is 9.51. The number of hydrogen-bond acceptors (Lipinski definition) is 4. The van der Waals surface area contributed by atoms with Crippen molar-refractivity contribution in [2.45, 2.75) is 83.3 Å². The van der Waals surface area contributed by atoms with Gasteiger partial charge < -0.3 is 5.11 Å². The maximum Gasteiger partial charge on any atom is 0.162 e. The molecule has 6 rings (SSSR count). The minimum absolute atomic E-state index is 0.343. The van der Waals surface area contributed by atoms with Crippen LogP contribution < -0.4 is 0 Å². The lowest BCUT2D eigenvalue weighted by molar-refractivity contribution is -0.0205. The van der Waals surface area contributed by atoms with E-state index in [2.05, 4.69) is 46.8 Å². The van der Waals surface area contributed by atoms with Gasteiger partial charge in [-0.3, -0.25) is 0 Å². The van der Waals surface area contributed by atoms with E-state index in [0.29, 0.717) is 29.7 Å². The van der Waals surface area contributed by atoms with Crippen LogP contribution in [-0.2, 0) is 6.54 Å². The first kappa shape index (κ1) is 20.7. The molecule has 5 aliphatic rings. The van der Waals surface area contributed by atoms with Gasteiger partial charge in [-0.1, -0.05) is 42.6 Å². The van der Waals surface area contributed by atoms with Crippen LogP contribution in [0.2, 0.25) is 0 Å². The number of tetrazole rings is 1. The second kappa shape index (κ2) is 7.55. The van der Waals surface area contributed by atoms with E-state index in [-0.39, 0.29) is 0 Å². The topological polar surface area (TPSA) is 63.8 Å². The molecule has 0 amide bonds. The molecule has 5 nitrogen and oxygen atoms in total. The summed E-state index contributed by atoms with van der Waals surface area (Å²) in [6.45, 7) is 7.71. The van der Waals surface area contributed by atoms with Crippen LogP contribution in [0.3, 0.4) is 0 Å². The Kier molecular flexibility index (Phi) is 4.88. The van der Waals surface area contributed by atoms with Crippen molar-refractivity contribution in [1.82, 2.24) is 20.2 Å². The molecule has 0 bridgehead atoms. The van der Waals surface area contributed by atoms with E-state index in [1.165, 1.54) is 62.4 Å². The van der Waals surface area contributed by atoms with Crippen LogP contribution in [-0.4, -0.2) is 30.9 Å². The van der Waals surface area contributed by atoms with Crippen LogP contribution in [0.25, 0.3) is 0 Å². The molecule has 5 heteroatoms. The summed E-state index contributed by atoms with van der Waals surface area (Å²) in [4.78, 5) is 1.68. The number of aromatic nitrogens is 4. The van der Waals surface area contributed by atoms with Gasteiger partial charge in [-0.25, -0.2) is 0 Å². The van der Waals surface area contributed by atoms with Gasteiger partial charge in [0.2, 0.25) is 0 Å². The average molecular weight is 433 g/mol. The highest BCUT2D eigenvalue weighted by molar-refractivity contribution is 5.29. The number of allylic oxidation sites excluding steroid dienone is 2. The fraction of sp³-hybridized carbons (Fsp3) is 0.741. The maximum atomic E-state index is 11.1. The Morgan fingerprint density at radius 3 is 2.84 bits per heavy atom. The van der Waals surface area contributed by atoms with Gasteiger partial charge in [0, 0.05) is 12.3 Å². The Morgan fingerprint density at radius 2 is 2.06 bits per heavy atom. The fourth-order valence-electron chi connectivity index (χ4n) is 8.09. The summed E-state index contributed by atoms with van der Waals surface area (Å²) in [7, 11) is 0. The Morgan fingerprint density at radius 1 is 1.19 bits per heavy atom. The van der Waals surface area contributed by atoms with Crippen molar-refractivity contribution < 1.29 is 5.11 Å². The first-order valence-electron chi connectivity index (χ1n) is 12.8. The molecule has 0 aliphatic heterocycles. The molecule has 4 fully saturated rings. The molecule has 1 aromatic rings. The van der Waals surface area contributed by atoms with E-state index < -0.39 is 5.60 Å². The molecule has 0 aromatic carbocycles. The molecule has 4 saturated carbocycles. The smallest absolute Gasteiger partial charge is 0.162 e.